The summed E-state index contributed by atoms with van der Waals surface area (Å²) in [6.07, 6.45) is 0.723. The van der Waals surface area contributed by atoms with Crippen molar-refractivity contribution in [3.05, 3.63) is 16.4 Å². The van der Waals surface area contributed by atoms with Gasteiger partial charge in [0.15, 0.2) is 0 Å². The van der Waals surface area contributed by atoms with Gasteiger partial charge in [-0.25, -0.2) is 0 Å². The number of amides is 2. The van der Waals surface area contributed by atoms with Crippen LogP contribution in [0.25, 0.3) is 0 Å². The Hall–Kier alpha value is -1.56. The van der Waals surface area contributed by atoms with Crippen LogP contribution in [0.15, 0.2) is 0 Å². The van der Waals surface area contributed by atoms with Gasteiger partial charge in [0.1, 0.15) is 11.6 Å². The molecule has 2 heterocycles. The summed E-state index contributed by atoms with van der Waals surface area (Å²) in [7, 11) is 1.80. The molecule has 1 unspecified atom stereocenters. The Balaban J connectivity index is 2.38. The molecule has 0 aliphatic carbocycles. The zero-order chi connectivity index (χ0) is 15.9. The first-order valence-electron chi connectivity index (χ1n) is 7.02. The molecule has 1 fully saturated rings. The van der Waals surface area contributed by atoms with Gasteiger partial charge in [-0.3, -0.25) is 14.3 Å². The van der Waals surface area contributed by atoms with Crippen molar-refractivity contribution >= 4 is 23.4 Å². The highest BCUT2D eigenvalue weighted by atomic mass is 35.5. The third-order valence-corrected chi connectivity index (χ3v) is 4.46. The van der Waals surface area contributed by atoms with Gasteiger partial charge in [-0.1, -0.05) is 18.5 Å². The lowest BCUT2D eigenvalue weighted by Gasteiger charge is -2.43. The largest absolute Gasteiger partial charge is 0.343 e. The fraction of sp³-hybridized carbons (Fsp3) is 0.643. The molecule has 2 rings (SSSR count). The summed E-state index contributed by atoms with van der Waals surface area (Å²) in [5, 5.41) is 7.62. The van der Waals surface area contributed by atoms with E-state index in [1.807, 2.05) is 6.92 Å². The van der Waals surface area contributed by atoms with E-state index in [2.05, 4.69) is 10.4 Å². The molecule has 7 heteroatoms. The molecule has 116 valence electrons. The fourth-order valence-electron chi connectivity index (χ4n) is 2.48. The van der Waals surface area contributed by atoms with Crippen molar-refractivity contribution in [2.45, 2.75) is 52.2 Å². The van der Waals surface area contributed by atoms with Gasteiger partial charge in [0, 0.05) is 7.05 Å². The van der Waals surface area contributed by atoms with Crippen LogP contribution in [0.3, 0.4) is 0 Å². The van der Waals surface area contributed by atoms with Crippen molar-refractivity contribution in [2.24, 2.45) is 7.05 Å². The van der Waals surface area contributed by atoms with E-state index in [-0.39, 0.29) is 18.4 Å². The van der Waals surface area contributed by atoms with E-state index in [0.717, 1.165) is 17.8 Å². The number of nitrogens with one attached hydrogen (secondary N) is 1. The van der Waals surface area contributed by atoms with E-state index in [1.54, 1.807) is 37.4 Å². The van der Waals surface area contributed by atoms with E-state index in [1.165, 1.54) is 0 Å². The molecule has 1 aromatic heterocycles. The number of carbonyl (C=O) groups is 2. The number of hydrogen-bond acceptors (Lipinski definition) is 3. The molecule has 21 heavy (non-hydrogen) atoms. The Morgan fingerprint density at radius 3 is 2.52 bits per heavy atom. The number of nitrogens with zero attached hydrogens (tertiary/aromatic N) is 3. The Bertz CT molecular complexity index is 594. The lowest BCUT2D eigenvalue weighted by Crippen LogP contribution is -2.67. The van der Waals surface area contributed by atoms with Gasteiger partial charge in [-0.15, -0.1) is 0 Å². The maximum absolute atomic E-state index is 12.4. The molecule has 1 aliphatic rings. The fourth-order valence-corrected chi connectivity index (χ4v) is 2.84. The molecule has 1 atom stereocenters. The van der Waals surface area contributed by atoms with Crippen molar-refractivity contribution in [2.75, 3.05) is 0 Å². The molecule has 1 aromatic rings. The van der Waals surface area contributed by atoms with E-state index >= 15 is 0 Å². The van der Waals surface area contributed by atoms with Crippen LogP contribution in [0.2, 0.25) is 5.02 Å². The summed E-state index contributed by atoms with van der Waals surface area (Å²) in [6, 6.07) is -0.525. The highest BCUT2D eigenvalue weighted by Gasteiger charge is 2.45. The van der Waals surface area contributed by atoms with Crippen molar-refractivity contribution in [1.82, 2.24) is 20.0 Å². The van der Waals surface area contributed by atoms with Gasteiger partial charge in [-0.2, -0.15) is 5.10 Å². The molecular formula is C14H21ClN4O2. The SMILES string of the molecule is CCc1nn(C)c(CN2C(=O)C(C)NC(=O)C2(C)C)c1Cl. The summed E-state index contributed by atoms with van der Waals surface area (Å²) in [5.41, 5.74) is 0.634. The van der Waals surface area contributed by atoms with Crippen LogP contribution in [0, 0.1) is 0 Å². The highest BCUT2D eigenvalue weighted by molar-refractivity contribution is 6.31. The van der Waals surface area contributed by atoms with Gasteiger partial charge < -0.3 is 10.2 Å². The van der Waals surface area contributed by atoms with Gasteiger partial charge in [0.25, 0.3) is 0 Å². The maximum Gasteiger partial charge on any atom is 0.246 e. The minimum atomic E-state index is -0.913. The van der Waals surface area contributed by atoms with Crippen molar-refractivity contribution in [1.29, 1.82) is 0 Å². The Labute approximate surface area is 129 Å². The number of hydrogen-bond donors (Lipinski definition) is 1. The number of rotatable bonds is 3. The van der Waals surface area contributed by atoms with Gasteiger partial charge in [0.2, 0.25) is 11.8 Å². The molecule has 1 saturated heterocycles. The molecule has 0 radical (unpaired) electrons. The zero-order valence-corrected chi connectivity index (χ0v) is 13.8. The Morgan fingerprint density at radius 1 is 1.38 bits per heavy atom. The molecule has 0 saturated carbocycles. The molecule has 1 N–H and O–H groups in total. The topological polar surface area (TPSA) is 67.2 Å². The first kappa shape index (κ1) is 15.8. The standard InChI is InChI=1S/C14H21ClN4O2/c1-6-9-11(15)10(18(5)17-9)7-19-12(20)8(2)16-13(21)14(19,3)4/h8H,6-7H2,1-5H3,(H,16,21). The second-order valence-electron chi connectivity index (χ2n) is 5.86. The maximum atomic E-state index is 12.4. The van der Waals surface area contributed by atoms with Crippen LogP contribution in [-0.2, 0) is 29.6 Å². The number of aryl methyl sites for hydroxylation is 2. The van der Waals surface area contributed by atoms with Gasteiger partial charge in [0.05, 0.1) is 23.0 Å². The highest BCUT2D eigenvalue weighted by Crippen LogP contribution is 2.28. The van der Waals surface area contributed by atoms with Crippen LogP contribution < -0.4 is 5.32 Å². The number of halogens is 1. The summed E-state index contributed by atoms with van der Waals surface area (Å²) in [6.45, 7) is 7.40. The molecular weight excluding hydrogens is 292 g/mol. The van der Waals surface area contributed by atoms with Crippen LogP contribution >= 0.6 is 11.6 Å². The zero-order valence-electron chi connectivity index (χ0n) is 13.0. The van der Waals surface area contributed by atoms with Crippen LogP contribution in [0.1, 0.15) is 39.1 Å². The van der Waals surface area contributed by atoms with Crippen LogP contribution in [0.5, 0.6) is 0 Å². The summed E-state index contributed by atoms with van der Waals surface area (Å²) in [5.74, 6) is -0.279. The first-order valence-corrected chi connectivity index (χ1v) is 7.40. The molecule has 1 aliphatic heterocycles. The normalized spacial score (nSPS) is 21.6. The first-order chi connectivity index (χ1) is 9.70. The monoisotopic (exact) mass is 312 g/mol. The second kappa shape index (κ2) is 5.33. The smallest absolute Gasteiger partial charge is 0.246 e. The van der Waals surface area contributed by atoms with Gasteiger partial charge >= 0.3 is 0 Å². The molecule has 0 aromatic carbocycles. The quantitative estimate of drug-likeness (QED) is 0.913. The van der Waals surface area contributed by atoms with Crippen molar-refractivity contribution < 1.29 is 9.59 Å². The average Bonchev–Trinajstić information content (AvgIpc) is 2.68. The summed E-state index contributed by atoms with van der Waals surface area (Å²) in [4.78, 5) is 26.1. The molecule has 0 spiro atoms. The molecule has 0 bridgehead atoms. The minimum absolute atomic E-state index is 0.116. The third kappa shape index (κ3) is 2.52. The summed E-state index contributed by atoms with van der Waals surface area (Å²) >= 11 is 6.34. The Morgan fingerprint density at radius 2 is 2.00 bits per heavy atom. The van der Waals surface area contributed by atoms with E-state index in [4.69, 9.17) is 11.6 Å². The van der Waals surface area contributed by atoms with E-state index in [9.17, 15) is 9.59 Å². The number of piperazine rings is 1. The molecule has 2 amide bonds. The third-order valence-electron chi connectivity index (χ3n) is 4.03. The lowest BCUT2D eigenvalue weighted by atomic mass is 9.96. The van der Waals surface area contributed by atoms with E-state index in [0.29, 0.717) is 5.02 Å². The van der Waals surface area contributed by atoms with E-state index < -0.39 is 11.6 Å². The van der Waals surface area contributed by atoms with Crippen molar-refractivity contribution in [3.8, 4) is 0 Å². The predicted octanol–water partition coefficient (Wildman–Crippen LogP) is 1.26. The van der Waals surface area contributed by atoms with Crippen molar-refractivity contribution in [3.63, 3.8) is 0 Å². The van der Waals surface area contributed by atoms with Crippen LogP contribution in [0.4, 0.5) is 0 Å². The minimum Gasteiger partial charge on any atom is -0.343 e. The van der Waals surface area contributed by atoms with Crippen LogP contribution in [-0.4, -0.2) is 38.1 Å². The average molecular weight is 313 g/mol. The predicted molar refractivity (Wildman–Crippen MR) is 79.8 cm³/mol. The summed E-state index contributed by atoms with van der Waals surface area (Å²) < 4.78 is 1.68. The molecule has 6 nitrogen and oxygen atoms in total. The Kier molecular flexibility index (Phi) is 4.02. The second-order valence-corrected chi connectivity index (χ2v) is 6.24. The lowest BCUT2D eigenvalue weighted by molar-refractivity contribution is -0.155. The number of carbonyl (C=O) groups excluding carboxylic acids is 2. The number of aromatic nitrogens is 2. The van der Waals surface area contributed by atoms with Gasteiger partial charge in [-0.05, 0) is 27.2 Å².